The van der Waals surface area contributed by atoms with E-state index in [-0.39, 0.29) is 11.4 Å². The molecule has 1 N–H and O–H groups in total. The normalized spacial score (nSPS) is 11.1. The van der Waals surface area contributed by atoms with Crippen molar-refractivity contribution >= 4 is 17.5 Å². The number of amides is 1. The van der Waals surface area contributed by atoms with E-state index < -0.39 is 0 Å². The van der Waals surface area contributed by atoms with Gasteiger partial charge in [-0.25, -0.2) is 0 Å². The fraction of sp³-hybridized carbons (Fsp3) is 0.500. The third-order valence-corrected chi connectivity index (χ3v) is 3.83. The maximum atomic E-state index is 12.2. The average Bonchev–Trinajstić information content (AvgIpc) is 2.44. The topological polar surface area (TPSA) is 38.3 Å². The van der Waals surface area contributed by atoms with Crippen LogP contribution in [0.25, 0.3) is 0 Å². The van der Waals surface area contributed by atoms with E-state index in [1.54, 1.807) is 25.3 Å². The van der Waals surface area contributed by atoms with Crippen LogP contribution in [0, 0.1) is 0 Å². The van der Waals surface area contributed by atoms with Crippen LogP contribution in [0.4, 0.5) is 0 Å². The van der Waals surface area contributed by atoms with Crippen LogP contribution in [0.2, 0.25) is 0 Å². The number of hydrogen-bond acceptors (Lipinski definition) is 2. The number of methoxy groups -OCH3 is 1. The standard InChI is InChI=1S/C14H20ClNO2/c1-4-14(5-2,10-15)16-13(17)11-7-6-8-12(9-11)18-3/h6-9H,4-5,10H2,1-3H3,(H,16,17). The Kier molecular flexibility index (Phi) is 5.48. The van der Waals surface area contributed by atoms with Gasteiger partial charge in [0.15, 0.2) is 0 Å². The lowest BCUT2D eigenvalue weighted by Crippen LogP contribution is -2.49. The molecule has 0 aliphatic rings. The highest BCUT2D eigenvalue weighted by atomic mass is 35.5. The van der Waals surface area contributed by atoms with Crippen LogP contribution >= 0.6 is 11.6 Å². The zero-order chi connectivity index (χ0) is 13.6. The minimum atomic E-state index is -0.332. The predicted molar refractivity (Wildman–Crippen MR) is 74.5 cm³/mol. The molecule has 0 aliphatic heterocycles. The number of carbonyl (C=O) groups is 1. The van der Waals surface area contributed by atoms with Crippen molar-refractivity contribution in [3.63, 3.8) is 0 Å². The van der Waals surface area contributed by atoms with Crippen LogP contribution in [-0.2, 0) is 0 Å². The number of benzene rings is 1. The second-order valence-corrected chi connectivity index (χ2v) is 4.57. The van der Waals surface area contributed by atoms with Gasteiger partial charge in [0.05, 0.1) is 12.6 Å². The number of hydrogen-bond donors (Lipinski definition) is 1. The lowest BCUT2D eigenvalue weighted by molar-refractivity contribution is 0.0902. The van der Waals surface area contributed by atoms with E-state index >= 15 is 0 Å². The third-order valence-electron chi connectivity index (χ3n) is 3.32. The molecule has 0 bridgehead atoms. The van der Waals surface area contributed by atoms with Crippen molar-refractivity contribution in [1.29, 1.82) is 0 Å². The summed E-state index contributed by atoms with van der Waals surface area (Å²) in [4.78, 5) is 12.2. The van der Waals surface area contributed by atoms with Gasteiger partial charge in [-0.05, 0) is 31.0 Å². The van der Waals surface area contributed by atoms with Crippen LogP contribution < -0.4 is 10.1 Å². The van der Waals surface area contributed by atoms with Crippen molar-refractivity contribution in [2.24, 2.45) is 0 Å². The summed E-state index contributed by atoms with van der Waals surface area (Å²) in [7, 11) is 1.58. The quantitative estimate of drug-likeness (QED) is 0.806. The molecule has 1 aromatic rings. The number of nitrogens with one attached hydrogen (secondary N) is 1. The molecule has 3 nitrogen and oxygen atoms in total. The van der Waals surface area contributed by atoms with Crippen molar-refractivity contribution < 1.29 is 9.53 Å². The zero-order valence-corrected chi connectivity index (χ0v) is 11.9. The Morgan fingerprint density at radius 1 is 1.39 bits per heavy atom. The molecule has 0 saturated carbocycles. The summed E-state index contributed by atoms with van der Waals surface area (Å²) in [6.45, 7) is 4.05. The van der Waals surface area contributed by atoms with Crippen LogP contribution in [0.5, 0.6) is 5.75 Å². The predicted octanol–water partition coefficient (Wildman–Crippen LogP) is 3.22. The molecule has 4 heteroatoms. The Morgan fingerprint density at radius 2 is 2.06 bits per heavy atom. The molecule has 0 radical (unpaired) electrons. The van der Waals surface area contributed by atoms with E-state index in [1.807, 2.05) is 19.9 Å². The molecule has 0 saturated heterocycles. The molecule has 0 spiro atoms. The molecule has 100 valence electrons. The van der Waals surface area contributed by atoms with Crippen LogP contribution in [0.1, 0.15) is 37.0 Å². The van der Waals surface area contributed by atoms with Gasteiger partial charge in [-0.1, -0.05) is 19.9 Å². The zero-order valence-electron chi connectivity index (χ0n) is 11.1. The SMILES string of the molecule is CCC(CC)(CCl)NC(=O)c1cccc(OC)c1. The van der Waals surface area contributed by atoms with Crippen molar-refractivity contribution in [2.45, 2.75) is 32.2 Å². The summed E-state index contributed by atoms with van der Waals surface area (Å²) in [5.41, 5.74) is 0.257. The molecule has 0 atom stereocenters. The van der Waals surface area contributed by atoms with Crippen LogP contribution in [0.15, 0.2) is 24.3 Å². The Labute approximate surface area is 113 Å². The largest absolute Gasteiger partial charge is 0.497 e. The van der Waals surface area contributed by atoms with Crippen LogP contribution in [-0.4, -0.2) is 24.4 Å². The Morgan fingerprint density at radius 3 is 2.56 bits per heavy atom. The van der Waals surface area contributed by atoms with Gasteiger partial charge in [0.25, 0.3) is 5.91 Å². The minimum Gasteiger partial charge on any atom is -0.497 e. The molecule has 0 heterocycles. The Balaban J connectivity index is 2.86. The average molecular weight is 270 g/mol. The summed E-state index contributed by atoms with van der Waals surface area (Å²) < 4.78 is 5.11. The highest BCUT2D eigenvalue weighted by Gasteiger charge is 2.27. The van der Waals surface area contributed by atoms with E-state index in [0.717, 1.165) is 12.8 Å². The molecule has 1 aromatic carbocycles. The van der Waals surface area contributed by atoms with Crippen molar-refractivity contribution in [3.05, 3.63) is 29.8 Å². The van der Waals surface area contributed by atoms with E-state index in [0.29, 0.717) is 17.2 Å². The van der Waals surface area contributed by atoms with E-state index in [4.69, 9.17) is 16.3 Å². The first-order valence-corrected chi connectivity index (χ1v) is 6.66. The van der Waals surface area contributed by atoms with E-state index in [9.17, 15) is 4.79 Å². The Hall–Kier alpha value is -1.22. The first-order valence-electron chi connectivity index (χ1n) is 6.13. The van der Waals surface area contributed by atoms with Gasteiger partial charge in [0.1, 0.15) is 5.75 Å². The first-order chi connectivity index (χ1) is 8.60. The van der Waals surface area contributed by atoms with Crippen molar-refractivity contribution in [3.8, 4) is 5.75 Å². The number of halogens is 1. The van der Waals surface area contributed by atoms with Gasteiger partial charge in [-0.15, -0.1) is 11.6 Å². The highest BCUT2D eigenvalue weighted by molar-refractivity contribution is 6.19. The maximum Gasteiger partial charge on any atom is 0.251 e. The van der Waals surface area contributed by atoms with E-state index in [2.05, 4.69) is 5.32 Å². The Bertz CT molecular complexity index is 394. The number of carbonyl (C=O) groups excluding carboxylic acids is 1. The first kappa shape index (κ1) is 14.8. The van der Waals surface area contributed by atoms with Gasteiger partial charge >= 0.3 is 0 Å². The van der Waals surface area contributed by atoms with Gasteiger partial charge in [0, 0.05) is 11.4 Å². The third kappa shape index (κ3) is 3.39. The molecule has 18 heavy (non-hydrogen) atoms. The summed E-state index contributed by atoms with van der Waals surface area (Å²) >= 11 is 5.98. The monoisotopic (exact) mass is 269 g/mol. The molecule has 0 aromatic heterocycles. The molecular weight excluding hydrogens is 250 g/mol. The molecule has 0 unspecified atom stereocenters. The second-order valence-electron chi connectivity index (χ2n) is 4.31. The molecular formula is C14H20ClNO2. The van der Waals surface area contributed by atoms with Crippen molar-refractivity contribution in [1.82, 2.24) is 5.32 Å². The van der Waals surface area contributed by atoms with Gasteiger partial charge in [-0.2, -0.15) is 0 Å². The number of ether oxygens (including phenoxy) is 1. The summed E-state index contributed by atoms with van der Waals surface area (Å²) in [6, 6.07) is 7.10. The lowest BCUT2D eigenvalue weighted by atomic mass is 9.94. The summed E-state index contributed by atoms with van der Waals surface area (Å²) in [6.07, 6.45) is 1.62. The van der Waals surface area contributed by atoms with E-state index in [1.165, 1.54) is 0 Å². The number of rotatable bonds is 6. The lowest BCUT2D eigenvalue weighted by Gasteiger charge is -2.30. The fourth-order valence-corrected chi connectivity index (χ4v) is 2.17. The summed E-state index contributed by atoms with van der Waals surface area (Å²) in [5.74, 6) is 0.973. The fourth-order valence-electron chi connectivity index (χ4n) is 1.73. The molecule has 1 rings (SSSR count). The smallest absolute Gasteiger partial charge is 0.251 e. The highest BCUT2D eigenvalue weighted by Crippen LogP contribution is 2.19. The van der Waals surface area contributed by atoms with Crippen LogP contribution in [0.3, 0.4) is 0 Å². The summed E-state index contributed by atoms with van der Waals surface area (Å²) in [5, 5.41) is 3.02. The molecule has 0 aliphatic carbocycles. The molecule has 0 fully saturated rings. The second kappa shape index (κ2) is 6.64. The minimum absolute atomic E-state index is 0.113. The maximum absolute atomic E-state index is 12.2. The van der Waals surface area contributed by atoms with Crippen molar-refractivity contribution in [2.75, 3.05) is 13.0 Å². The van der Waals surface area contributed by atoms with Gasteiger partial charge < -0.3 is 10.1 Å². The van der Waals surface area contributed by atoms with Gasteiger partial charge in [0.2, 0.25) is 0 Å². The molecule has 1 amide bonds. The number of alkyl halides is 1. The van der Waals surface area contributed by atoms with Gasteiger partial charge in [-0.3, -0.25) is 4.79 Å².